The Bertz CT molecular complexity index is 1330. The van der Waals surface area contributed by atoms with Gasteiger partial charge in [-0.1, -0.05) is 0 Å². The Morgan fingerprint density at radius 2 is 1.91 bits per heavy atom. The molecule has 0 aliphatic carbocycles. The topological polar surface area (TPSA) is 116 Å². The number of amides is 1. The summed E-state index contributed by atoms with van der Waals surface area (Å²) in [5.41, 5.74) is 0.513. The number of nitrogens with one attached hydrogen (secondary N) is 2. The number of hydrogen-bond acceptors (Lipinski definition) is 7. The van der Waals surface area contributed by atoms with Gasteiger partial charge in [0, 0.05) is 37.7 Å². The fourth-order valence-electron chi connectivity index (χ4n) is 3.10. The van der Waals surface area contributed by atoms with Crippen molar-refractivity contribution >= 4 is 23.2 Å². The molecule has 0 aliphatic rings. The lowest BCUT2D eigenvalue weighted by Crippen LogP contribution is -2.29. The third-order valence-electron chi connectivity index (χ3n) is 4.70. The maximum Gasteiger partial charge on any atom is 0.263 e. The van der Waals surface area contributed by atoms with Gasteiger partial charge in [0.25, 0.3) is 11.5 Å². The van der Waals surface area contributed by atoms with E-state index in [9.17, 15) is 9.59 Å². The monoisotopic (exact) mass is 445 g/mol. The van der Waals surface area contributed by atoms with Crippen LogP contribution in [0.4, 0.5) is 17.3 Å². The molecule has 0 aliphatic heterocycles. The van der Waals surface area contributed by atoms with Crippen molar-refractivity contribution in [2.75, 3.05) is 10.6 Å². The molecule has 33 heavy (non-hydrogen) atoms. The summed E-state index contributed by atoms with van der Waals surface area (Å²) in [6.45, 7) is 3.76. The van der Waals surface area contributed by atoms with Crippen LogP contribution in [0.5, 0.6) is 11.5 Å². The molecular weight excluding hydrogens is 422 g/mol. The molecule has 0 radical (unpaired) electrons. The summed E-state index contributed by atoms with van der Waals surface area (Å²) in [4.78, 5) is 33.5. The van der Waals surface area contributed by atoms with Crippen LogP contribution >= 0.6 is 0 Å². The highest BCUT2D eigenvalue weighted by atomic mass is 16.5. The van der Waals surface area contributed by atoms with Crippen LogP contribution in [0.3, 0.4) is 0 Å². The van der Waals surface area contributed by atoms with E-state index in [2.05, 4.69) is 25.7 Å². The molecule has 0 saturated heterocycles. The van der Waals surface area contributed by atoms with Crippen molar-refractivity contribution in [3.05, 3.63) is 83.3 Å². The van der Waals surface area contributed by atoms with Gasteiger partial charge in [0.15, 0.2) is 0 Å². The summed E-state index contributed by atoms with van der Waals surface area (Å²) in [5, 5.41) is 9.90. The van der Waals surface area contributed by atoms with Crippen molar-refractivity contribution in [2.24, 2.45) is 7.05 Å². The number of rotatable bonds is 7. The highest BCUT2D eigenvalue weighted by Crippen LogP contribution is 2.24. The fraction of sp³-hybridized carbons (Fsp3) is 0.174. The van der Waals surface area contributed by atoms with E-state index in [1.54, 1.807) is 53.6 Å². The SMILES string of the molecule is CC(C)n1cccc(C(=O)Nc2ccc(Oc3ccnc(Nc4cnn(C)c4)c3)cn2)c1=O. The molecule has 4 aromatic heterocycles. The predicted octanol–water partition coefficient (Wildman–Crippen LogP) is 3.74. The average molecular weight is 445 g/mol. The van der Waals surface area contributed by atoms with Gasteiger partial charge in [-0.05, 0) is 44.2 Å². The summed E-state index contributed by atoms with van der Waals surface area (Å²) in [7, 11) is 1.83. The van der Waals surface area contributed by atoms with Gasteiger partial charge in [0.05, 0.1) is 18.1 Å². The first-order valence-electron chi connectivity index (χ1n) is 10.3. The third-order valence-corrected chi connectivity index (χ3v) is 4.70. The number of pyridine rings is 3. The Balaban J connectivity index is 1.42. The maximum atomic E-state index is 12.6. The number of carbonyl (C=O) groups excluding carboxylic acids is 1. The van der Waals surface area contributed by atoms with Gasteiger partial charge in [-0.2, -0.15) is 5.10 Å². The minimum atomic E-state index is -0.517. The lowest BCUT2D eigenvalue weighted by Gasteiger charge is -2.11. The van der Waals surface area contributed by atoms with E-state index >= 15 is 0 Å². The predicted molar refractivity (Wildman–Crippen MR) is 124 cm³/mol. The van der Waals surface area contributed by atoms with Crippen LogP contribution in [0.25, 0.3) is 0 Å². The van der Waals surface area contributed by atoms with E-state index in [1.807, 2.05) is 27.1 Å². The summed E-state index contributed by atoms with van der Waals surface area (Å²) in [6, 6.07) is 9.87. The molecule has 0 atom stereocenters. The van der Waals surface area contributed by atoms with E-state index < -0.39 is 5.91 Å². The molecule has 2 N–H and O–H groups in total. The second-order valence-corrected chi connectivity index (χ2v) is 7.57. The fourth-order valence-corrected chi connectivity index (χ4v) is 3.10. The van der Waals surface area contributed by atoms with Gasteiger partial charge in [0.1, 0.15) is 28.7 Å². The van der Waals surface area contributed by atoms with Crippen LogP contribution in [0, 0.1) is 0 Å². The van der Waals surface area contributed by atoms with Gasteiger partial charge in [0.2, 0.25) is 0 Å². The number of aromatic nitrogens is 5. The van der Waals surface area contributed by atoms with E-state index in [4.69, 9.17) is 4.74 Å². The summed E-state index contributed by atoms with van der Waals surface area (Å²) in [6.07, 6.45) is 8.30. The zero-order valence-electron chi connectivity index (χ0n) is 18.4. The van der Waals surface area contributed by atoms with Crippen molar-refractivity contribution in [3.8, 4) is 11.5 Å². The lowest BCUT2D eigenvalue weighted by atomic mass is 10.2. The first-order valence-corrected chi connectivity index (χ1v) is 10.3. The van der Waals surface area contributed by atoms with Gasteiger partial charge in [-0.15, -0.1) is 0 Å². The molecule has 4 rings (SSSR count). The highest BCUT2D eigenvalue weighted by Gasteiger charge is 2.14. The molecule has 0 aromatic carbocycles. The number of hydrogen-bond donors (Lipinski definition) is 2. The Kier molecular flexibility index (Phi) is 6.16. The first kappa shape index (κ1) is 21.8. The van der Waals surface area contributed by atoms with Crippen molar-refractivity contribution in [3.63, 3.8) is 0 Å². The molecule has 4 aromatic rings. The van der Waals surface area contributed by atoms with Crippen LogP contribution in [0.2, 0.25) is 0 Å². The van der Waals surface area contributed by atoms with Crippen molar-refractivity contribution in [1.29, 1.82) is 0 Å². The van der Waals surface area contributed by atoms with Gasteiger partial charge >= 0.3 is 0 Å². The number of ether oxygens (including phenoxy) is 1. The zero-order chi connectivity index (χ0) is 23.4. The largest absolute Gasteiger partial charge is 0.456 e. The van der Waals surface area contributed by atoms with Crippen LogP contribution in [-0.4, -0.2) is 30.2 Å². The van der Waals surface area contributed by atoms with Crippen molar-refractivity contribution < 1.29 is 9.53 Å². The quantitative estimate of drug-likeness (QED) is 0.445. The molecule has 4 heterocycles. The second-order valence-electron chi connectivity index (χ2n) is 7.57. The molecule has 10 heteroatoms. The number of nitrogens with zero attached hydrogens (tertiary/aromatic N) is 5. The van der Waals surface area contributed by atoms with Crippen LogP contribution < -0.4 is 20.9 Å². The Hall–Kier alpha value is -4.47. The van der Waals surface area contributed by atoms with Crippen molar-refractivity contribution in [1.82, 2.24) is 24.3 Å². The highest BCUT2D eigenvalue weighted by molar-refractivity contribution is 6.03. The van der Waals surface area contributed by atoms with Gasteiger partial charge in [-0.25, -0.2) is 9.97 Å². The zero-order valence-corrected chi connectivity index (χ0v) is 18.4. The molecule has 10 nitrogen and oxygen atoms in total. The second kappa shape index (κ2) is 9.35. The maximum absolute atomic E-state index is 12.6. The van der Waals surface area contributed by atoms with Crippen LogP contribution in [0.1, 0.15) is 30.2 Å². The molecule has 0 unspecified atom stereocenters. The Morgan fingerprint density at radius 3 is 2.61 bits per heavy atom. The summed E-state index contributed by atoms with van der Waals surface area (Å²) >= 11 is 0. The molecular formula is C23H23N7O3. The minimum Gasteiger partial charge on any atom is -0.456 e. The van der Waals surface area contributed by atoms with Crippen LogP contribution in [0.15, 0.2) is 72.2 Å². The Labute approximate surface area is 189 Å². The van der Waals surface area contributed by atoms with Crippen LogP contribution in [-0.2, 0) is 7.05 Å². The summed E-state index contributed by atoms with van der Waals surface area (Å²) in [5.74, 6) is 1.44. The molecule has 0 saturated carbocycles. The van der Waals surface area contributed by atoms with E-state index in [-0.39, 0.29) is 17.2 Å². The van der Waals surface area contributed by atoms with E-state index in [0.717, 1.165) is 5.69 Å². The lowest BCUT2D eigenvalue weighted by molar-refractivity contribution is 0.102. The number of anilines is 3. The molecule has 1 amide bonds. The molecule has 168 valence electrons. The first-order chi connectivity index (χ1) is 15.9. The van der Waals surface area contributed by atoms with Gasteiger partial charge < -0.3 is 19.9 Å². The summed E-state index contributed by atoms with van der Waals surface area (Å²) < 4.78 is 9.03. The Morgan fingerprint density at radius 1 is 1.06 bits per heavy atom. The minimum absolute atomic E-state index is 0.0481. The smallest absolute Gasteiger partial charge is 0.263 e. The average Bonchev–Trinajstić information content (AvgIpc) is 3.19. The molecule has 0 bridgehead atoms. The standard InChI is InChI=1S/C23H23N7O3/c1-15(2)30-10-4-5-19(23(30)32)22(31)28-20-7-6-18(13-25-20)33-17-8-9-24-21(11-17)27-16-12-26-29(3)14-16/h4-15H,1-3H3,(H,24,27)(H,25,28,31). The van der Waals surface area contributed by atoms with Crippen molar-refractivity contribution in [2.45, 2.75) is 19.9 Å². The van der Waals surface area contributed by atoms with E-state index in [0.29, 0.717) is 23.1 Å². The molecule has 0 fully saturated rings. The third kappa shape index (κ3) is 5.24. The molecule has 0 spiro atoms. The van der Waals surface area contributed by atoms with Gasteiger partial charge in [-0.3, -0.25) is 14.3 Å². The van der Waals surface area contributed by atoms with E-state index in [1.165, 1.54) is 16.8 Å². The number of aryl methyl sites for hydroxylation is 1. The normalized spacial score (nSPS) is 10.8. The number of carbonyl (C=O) groups is 1.